The van der Waals surface area contributed by atoms with Gasteiger partial charge >= 0.3 is 0 Å². The van der Waals surface area contributed by atoms with Gasteiger partial charge in [0.05, 0.1) is 0 Å². The first kappa shape index (κ1) is 17.7. The first-order chi connectivity index (χ1) is 11.4. The van der Waals surface area contributed by atoms with E-state index in [-0.39, 0.29) is 11.7 Å². The Morgan fingerprint density at radius 1 is 1.12 bits per heavy atom. The maximum Gasteiger partial charge on any atom is 0.265 e. The molecule has 1 N–H and O–H groups in total. The minimum Gasteiger partial charge on any atom is -0.481 e. The summed E-state index contributed by atoms with van der Waals surface area (Å²) in [6, 6.07) is 12.8. The standard InChI is InChI=1S/C20H23NO3/c1-5-16-8-6-7-13(2)19(16)21-20(23)15(4)24-18-11-9-17(10-12-18)14(3)22/h6-12,15H,5H2,1-4H3,(H,21,23). The minimum absolute atomic E-state index is 0.000936. The van der Waals surface area contributed by atoms with Crippen LogP contribution >= 0.6 is 0 Å². The molecule has 1 amide bonds. The fraction of sp³-hybridized carbons (Fsp3) is 0.300. The van der Waals surface area contributed by atoms with Crippen LogP contribution in [0.3, 0.4) is 0 Å². The number of rotatable bonds is 6. The zero-order valence-corrected chi connectivity index (χ0v) is 14.6. The second-order valence-electron chi connectivity index (χ2n) is 5.79. The van der Waals surface area contributed by atoms with Crippen molar-refractivity contribution in [3.8, 4) is 5.75 Å². The Balaban J connectivity index is 2.06. The van der Waals surface area contributed by atoms with Crippen molar-refractivity contribution in [3.05, 3.63) is 59.2 Å². The van der Waals surface area contributed by atoms with Gasteiger partial charge in [-0.15, -0.1) is 0 Å². The van der Waals surface area contributed by atoms with Gasteiger partial charge in [-0.2, -0.15) is 0 Å². The monoisotopic (exact) mass is 325 g/mol. The number of nitrogens with one attached hydrogen (secondary N) is 1. The van der Waals surface area contributed by atoms with Crippen molar-refractivity contribution in [1.29, 1.82) is 0 Å². The van der Waals surface area contributed by atoms with Crippen molar-refractivity contribution in [2.75, 3.05) is 5.32 Å². The first-order valence-corrected chi connectivity index (χ1v) is 8.09. The smallest absolute Gasteiger partial charge is 0.265 e. The van der Waals surface area contributed by atoms with Gasteiger partial charge in [0.15, 0.2) is 11.9 Å². The highest BCUT2D eigenvalue weighted by Gasteiger charge is 2.17. The average Bonchev–Trinajstić information content (AvgIpc) is 2.57. The summed E-state index contributed by atoms with van der Waals surface area (Å²) in [4.78, 5) is 23.7. The quantitative estimate of drug-likeness (QED) is 0.811. The van der Waals surface area contributed by atoms with Crippen molar-refractivity contribution in [3.63, 3.8) is 0 Å². The molecular weight excluding hydrogens is 302 g/mol. The third-order valence-corrected chi connectivity index (χ3v) is 3.93. The number of hydrogen-bond acceptors (Lipinski definition) is 3. The Morgan fingerprint density at radius 2 is 1.79 bits per heavy atom. The molecule has 2 rings (SSSR count). The van der Waals surface area contributed by atoms with E-state index in [1.54, 1.807) is 31.2 Å². The highest BCUT2D eigenvalue weighted by atomic mass is 16.5. The van der Waals surface area contributed by atoms with Crippen molar-refractivity contribution in [2.45, 2.75) is 40.2 Å². The van der Waals surface area contributed by atoms with Crippen LogP contribution in [0.4, 0.5) is 5.69 Å². The molecule has 0 aliphatic heterocycles. The molecule has 0 saturated carbocycles. The number of anilines is 1. The van der Waals surface area contributed by atoms with Gasteiger partial charge in [-0.3, -0.25) is 9.59 Å². The number of hydrogen-bond donors (Lipinski definition) is 1. The van der Waals surface area contributed by atoms with Crippen LogP contribution in [0.1, 0.15) is 42.3 Å². The van der Waals surface area contributed by atoms with Crippen LogP contribution < -0.4 is 10.1 Å². The largest absolute Gasteiger partial charge is 0.481 e. The third-order valence-electron chi connectivity index (χ3n) is 3.93. The van der Waals surface area contributed by atoms with Crippen molar-refractivity contribution < 1.29 is 14.3 Å². The fourth-order valence-corrected chi connectivity index (χ4v) is 2.45. The summed E-state index contributed by atoms with van der Waals surface area (Å²) in [5.41, 5.74) is 3.60. The highest BCUT2D eigenvalue weighted by Crippen LogP contribution is 2.22. The summed E-state index contributed by atoms with van der Waals surface area (Å²) >= 11 is 0. The zero-order chi connectivity index (χ0) is 17.7. The average molecular weight is 325 g/mol. The topological polar surface area (TPSA) is 55.4 Å². The molecule has 4 heteroatoms. The SMILES string of the molecule is CCc1cccc(C)c1NC(=O)C(C)Oc1ccc(C(C)=O)cc1. The summed E-state index contributed by atoms with van der Waals surface area (Å²) in [6.45, 7) is 7.25. The van der Waals surface area contributed by atoms with E-state index in [1.165, 1.54) is 6.92 Å². The second kappa shape index (κ2) is 7.77. The van der Waals surface area contributed by atoms with Crippen LogP contribution in [-0.2, 0) is 11.2 Å². The third kappa shape index (κ3) is 4.22. The fourth-order valence-electron chi connectivity index (χ4n) is 2.45. The number of amides is 1. The van der Waals surface area contributed by atoms with E-state index >= 15 is 0 Å². The second-order valence-corrected chi connectivity index (χ2v) is 5.79. The molecular formula is C20H23NO3. The Labute approximate surface area is 142 Å². The molecule has 126 valence electrons. The van der Waals surface area contributed by atoms with E-state index in [0.717, 1.165) is 23.2 Å². The Morgan fingerprint density at radius 3 is 2.38 bits per heavy atom. The van der Waals surface area contributed by atoms with Crippen LogP contribution in [0, 0.1) is 6.92 Å². The number of ketones is 1. The van der Waals surface area contributed by atoms with E-state index in [1.807, 2.05) is 25.1 Å². The van der Waals surface area contributed by atoms with Crippen LogP contribution in [-0.4, -0.2) is 17.8 Å². The number of benzene rings is 2. The first-order valence-electron chi connectivity index (χ1n) is 8.09. The van der Waals surface area contributed by atoms with Gasteiger partial charge in [0, 0.05) is 11.3 Å². The number of ether oxygens (including phenoxy) is 1. The zero-order valence-electron chi connectivity index (χ0n) is 14.6. The van der Waals surface area contributed by atoms with Crippen molar-refractivity contribution in [1.82, 2.24) is 0 Å². The van der Waals surface area contributed by atoms with Crippen LogP contribution in [0.25, 0.3) is 0 Å². The number of carbonyl (C=O) groups is 2. The molecule has 1 atom stereocenters. The molecule has 0 aliphatic rings. The lowest BCUT2D eigenvalue weighted by Gasteiger charge is -2.18. The summed E-state index contributed by atoms with van der Waals surface area (Å²) in [7, 11) is 0. The molecule has 4 nitrogen and oxygen atoms in total. The number of aryl methyl sites for hydroxylation is 2. The van der Waals surface area contributed by atoms with E-state index in [0.29, 0.717) is 11.3 Å². The molecule has 2 aromatic rings. The van der Waals surface area contributed by atoms with Crippen molar-refractivity contribution >= 4 is 17.4 Å². The van der Waals surface area contributed by atoms with E-state index in [4.69, 9.17) is 4.74 Å². The van der Waals surface area contributed by atoms with Crippen LogP contribution in [0.5, 0.6) is 5.75 Å². The molecule has 2 aromatic carbocycles. The molecule has 0 heterocycles. The van der Waals surface area contributed by atoms with Crippen LogP contribution in [0.2, 0.25) is 0 Å². The number of carbonyl (C=O) groups excluding carboxylic acids is 2. The van der Waals surface area contributed by atoms with Gasteiger partial charge in [-0.25, -0.2) is 0 Å². The molecule has 0 spiro atoms. The Kier molecular flexibility index (Phi) is 5.74. The molecule has 0 fully saturated rings. The lowest BCUT2D eigenvalue weighted by molar-refractivity contribution is -0.122. The van der Waals surface area contributed by atoms with E-state index < -0.39 is 6.10 Å². The summed E-state index contributed by atoms with van der Waals surface area (Å²) in [5.74, 6) is 0.358. The van der Waals surface area contributed by atoms with E-state index in [9.17, 15) is 9.59 Å². The van der Waals surface area contributed by atoms with Gasteiger partial charge in [0.25, 0.3) is 5.91 Å². The Hall–Kier alpha value is -2.62. The molecule has 1 unspecified atom stereocenters. The summed E-state index contributed by atoms with van der Waals surface area (Å²) in [6.07, 6.45) is 0.205. The predicted molar refractivity (Wildman–Crippen MR) is 95.7 cm³/mol. The molecule has 24 heavy (non-hydrogen) atoms. The number of para-hydroxylation sites is 1. The molecule has 0 bridgehead atoms. The van der Waals surface area contributed by atoms with Gasteiger partial charge in [-0.1, -0.05) is 25.1 Å². The normalized spacial score (nSPS) is 11.7. The van der Waals surface area contributed by atoms with Crippen LogP contribution in [0.15, 0.2) is 42.5 Å². The van der Waals surface area contributed by atoms with Gasteiger partial charge in [-0.05, 0) is 62.6 Å². The Bertz CT molecular complexity index is 735. The van der Waals surface area contributed by atoms with E-state index in [2.05, 4.69) is 12.2 Å². The number of Topliss-reactive ketones (excluding diaryl/α,β-unsaturated/α-hetero) is 1. The molecule has 0 aromatic heterocycles. The molecule has 0 radical (unpaired) electrons. The van der Waals surface area contributed by atoms with Crippen molar-refractivity contribution in [2.24, 2.45) is 0 Å². The summed E-state index contributed by atoms with van der Waals surface area (Å²) < 4.78 is 5.67. The van der Waals surface area contributed by atoms with Gasteiger partial charge in [0.2, 0.25) is 0 Å². The lowest BCUT2D eigenvalue weighted by Crippen LogP contribution is -2.30. The maximum absolute atomic E-state index is 12.4. The predicted octanol–water partition coefficient (Wildman–Crippen LogP) is 4.17. The highest BCUT2D eigenvalue weighted by molar-refractivity contribution is 5.96. The maximum atomic E-state index is 12.4. The minimum atomic E-state index is -0.641. The van der Waals surface area contributed by atoms with Gasteiger partial charge in [0.1, 0.15) is 5.75 Å². The molecule has 0 aliphatic carbocycles. The molecule has 0 saturated heterocycles. The van der Waals surface area contributed by atoms with Gasteiger partial charge < -0.3 is 10.1 Å². The summed E-state index contributed by atoms with van der Waals surface area (Å²) in [5, 5.41) is 2.96. The lowest BCUT2D eigenvalue weighted by atomic mass is 10.1.